The molecule has 0 aliphatic rings. The fourth-order valence-electron chi connectivity index (χ4n) is 1.43. The van der Waals surface area contributed by atoms with E-state index < -0.39 is 23.2 Å². The van der Waals surface area contributed by atoms with Gasteiger partial charge in [-0.15, -0.1) is 0 Å². The molecule has 0 atom stereocenters. The summed E-state index contributed by atoms with van der Waals surface area (Å²) in [6, 6.07) is 0. The van der Waals surface area contributed by atoms with E-state index >= 15 is 0 Å². The Balaban J connectivity index is 5.15. The van der Waals surface area contributed by atoms with Crippen molar-refractivity contribution in [3.8, 4) is 0 Å². The first-order chi connectivity index (χ1) is 7.00. The third-order valence-electron chi connectivity index (χ3n) is 2.54. The summed E-state index contributed by atoms with van der Waals surface area (Å²) in [6.45, 7) is 7.36. The lowest BCUT2D eigenvalue weighted by molar-refractivity contribution is -0.241. The van der Waals surface area contributed by atoms with Crippen LogP contribution >= 0.6 is 0 Å². The van der Waals surface area contributed by atoms with Crippen LogP contribution in [-0.4, -0.2) is 17.7 Å². The summed E-state index contributed by atoms with van der Waals surface area (Å²) in [4.78, 5) is 11.6. The van der Waals surface area contributed by atoms with Crippen LogP contribution in [0, 0.1) is 5.41 Å². The first-order valence-corrected chi connectivity index (χ1v) is 5.30. The quantitative estimate of drug-likeness (QED) is 0.703. The number of alkyl halides is 3. The number of esters is 1. The number of carbonyl (C=O) groups excluding carboxylic acids is 1. The van der Waals surface area contributed by atoms with E-state index in [1.807, 2.05) is 0 Å². The van der Waals surface area contributed by atoms with Crippen LogP contribution < -0.4 is 0 Å². The van der Waals surface area contributed by atoms with Gasteiger partial charge in [-0.05, 0) is 33.6 Å². The van der Waals surface area contributed by atoms with E-state index in [0.717, 1.165) is 0 Å². The molecule has 16 heavy (non-hydrogen) atoms. The normalized spacial score (nSPS) is 13.8. The van der Waals surface area contributed by atoms with Crippen molar-refractivity contribution in [3.05, 3.63) is 0 Å². The minimum atomic E-state index is -4.57. The first-order valence-electron chi connectivity index (χ1n) is 5.30. The first kappa shape index (κ1) is 15.3. The lowest BCUT2D eigenvalue weighted by atomic mass is 9.81. The van der Waals surface area contributed by atoms with E-state index in [1.54, 1.807) is 20.8 Å². The zero-order valence-electron chi connectivity index (χ0n) is 10.4. The number of hydrogen-bond acceptors (Lipinski definition) is 2. The highest BCUT2D eigenvalue weighted by molar-refractivity contribution is 5.78. The second-order valence-electron chi connectivity index (χ2n) is 4.79. The molecule has 2 nitrogen and oxygen atoms in total. The molecular formula is C11H19F3O2. The summed E-state index contributed by atoms with van der Waals surface area (Å²) in [7, 11) is 0. The standard InChI is InChI=1S/C11H19F3O2/c1-6-10(7-2,11(12,13)14)8(15)16-9(3,4)5/h6-7H2,1-5H3. The van der Waals surface area contributed by atoms with E-state index in [9.17, 15) is 18.0 Å². The number of carbonyl (C=O) groups is 1. The fourth-order valence-corrected chi connectivity index (χ4v) is 1.43. The Bertz CT molecular complexity index is 247. The molecule has 0 fully saturated rings. The molecule has 0 N–H and O–H groups in total. The van der Waals surface area contributed by atoms with Crippen molar-refractivity contribution in [2.45, 2.75) is 59.2 Å². The van der Waals surface area contributed by atoms with Gasteiger partial charge >= 0.3 is 12.1 Å². The molecule has 0 amide bonds. The van der Waals surface area contributed by atoms with Gasteiger partial charge < -0.3 is 4.74 Å². The topological polar surface area (TPSA) is 26.3 Å². The van der Waals surface area contributed by atoms with Crippen molar-refractivity contribution in [1.82, 2.24) is 0 Å². The molecule has 5 heteroatoms. The summed E-state index contributed by atoms with van der Waals surface area (Å²) in [6.07, 6.45) is -5.18. The highest BCUT2D eigenvalue weighted by Gasteiger charge is 2.59. The van der Waals surface area contributed by atoms with E-state index in [4.69, 9.17) is 4.74 Å². The summed E-state index contributed by atoms with van der Waals surface area (Å²) >= 11 is 0. The zero-order valence-corrected chi connectivity index (χ0v) is 10.4. The zero-order chi connectivity index (χ0) is 13.2. The maximum absolute atomic E-state index is 12.9. The summed E-state index contributed by atoms with van der Waals surface area (Å²) in [5.41, 5.74) is -3.28. The molecule has 96 valence electrons. The van der Waals surface area contributed by atoms with Crippen molar-refractivity contribution in [3.63, 3.8) is 0 Å². The molecule has 0 aromatic carbocycles. The monoisotopic (exact) mass is 240 g/mol. The van der Waals surface area contributed by atoms with Gasteiger partial charge in [0.25, 0.3) is 0 Å². The summed E-state index contributed by atoms with van der Waals surface area (Å²) in [5, 5.41) is 0. The Morgan fingerprint density at radius 3 is 1.62 bits per heavy atom. The average molecular weight is 240 g/mol. The van der Waals surface area contributed by atoms with E-state index in [0.29, 0.717) is 0 Å². The Labute approximate surface area is 94.2 Å². The highest BCUT2D eigenvalue weighted by Crippen LogP contribution is 2.45. The second-order valence-corrected chi connectivity index (χ2v) is 4.79. The van der Waals surface area contributed by atoms with Gasteiger partial charge in [0.1, 0.15) is 5.60 Å². The maximum Gasteiger partial charge on any atom is 0.404 e. The molecule has 0 saturated heterocycles. The van der Waals surface area contributed by atoms with Crippen LogP contribution in [0.25, 0.3) is 0 Å². The molecule has 0 rings (SSSR count). The van der Waals surface area contributed by atoms with Gasteiger partial charge in [0.15, 0.2) is 5.41 Å². The van der Waals surface area contributed by atoms with Crippen LogP contribution in [-0.2, 0) is 9.53 Å². The van der Waals surface area contributed by atoms with Crippen molar-refractivity contribution < 1.29 is 22.7 Å². The lowest BCUT2D eigenvalue weighted by Gasteiger charge is -2.34. The van der Waals surface area contributed by atoms with Gasteiger partial charge in [-0.1, -0.05) is 13.8 Å². The molecule has 0 aliphatic heterocycles. The van der Waals surface area contributed by atoms with Gasteiger partial charge in [0.2, 0.25) is 0 Å². The fraction of sp³-hybridized carbons (Fsp3) is 0.909. The SMILES string of the molecule is CCC(CC)(C(=O)OC(C)(C)C)C(F)(F)F. The Morgan fingerprint density at radius 1 is 1.06 bits per heavy atom. The molecule has 0 heterocycles. The molecule has 0 unspecified atom stereocenters. The molecular weight excluding hydrogens is 221 g/mol. The van der Waals surface area contributed by atoms with Crippen LogP contribution in [0.4, 0.5) is 13.2 Å². The Morgan fingerprint density at radius 2 is 1.44 bits per heavy atom. The molecule has 0 saturated carbocycles. The van der Waals surface area contributed by atoms with Gasteiger partial charge in [-0.3, -0.25) is 4.79 Å². The molecule has 0 bridgehead atoms. The van der Waals surface area contributed by atoms with Crippen molar-refractivity contribution in [2.75, 3.05) is 0 Å². The van der Waals surface area contributed by atoms with Crippen LogP contribution in [0.1, 0.15) is 47.5 Å². The van der Waals surface area contributed by atoms with Gasteiger partial charge in [0, 0.05) is 0 Å². The van der Waals surface area contributed by atoms with Crippen LogP contribution in [0.15, 0.2) is 0 Å². The minimum Gasteiger partial charge on any atom is -0.459 e. The van der Waals surface area contributed by atoms with Gasteiger partial charge in [-0.25, -0.2) is 0 Å². The van der Waals surface area contributed by atoms with Crippen molar-refractivity contribution in [1.29, 1.82) is 0 Å². The van der Waals surface area contributed by atoms with Crippen molar-refractivity contribution >= 4 is 5.97 Å². The van der Waals surface area contributed by atoms with Crippen LogP contribution in [0.5, 0.6) is 0 Å². The maximum atomic E-state index is 12.9. The van der Waals surface area contributed by atoms with E-state index in [1.165, 1.54) is 13.8 Å². The number of halogens is 3. The van der Waals surface area contributed by atoms with Gasteiger partial charge in [0.05, 0.1) is 0 Å². The van der Waals surface area contributed by atoms with E-state index in [2.05, 4.69) is 0 Å². The predicted molar refractivity (Wildman–Crippen MR) is 54.9 cm³/mol. The summed E-state index contributed by atoms with van der Waals surface area (Å²) < 4.78 is 43.6. The second kappa shape index (κ2) is 4.63. The largest absolute Gasteiger partial charge is 0.459 e. The Kier molecular flexibility index (Phi) is 4.42. The number of hydrogen-bond donors (Lipinski definition) is 0. The number of rotatable bonds is 3. The highest BCUT2D eigenvalue weighted by atomic mass is 19.4. The van der Waals surface area contributed by atoms with Crippen LogP contribution in [0.2, 0.25) is 0 Å². The molecule has 0 aromatic heterocycles. The number of ether oxygens (including phenoxy) is 1. The molecule has 0 spiro atoms. The third-order valence-corrected chi connectivity index (χ3v) is 2.54. The molecule has 0 aliphatic carbocycles. The third kappa shape index (κ3) is 3.12. The molecule has 0 radical (unpaired) electrons. The predicted octanol–water partition coefficient (Wildman–Crippen LogP) is 3.70. The van der Waals surface area contributed by atoms with E-state index in [-0.39, 0.29) is 12.8 Å². The molecule has 0 aromatic rings. The van der Waals surface area contributed by atoms with Crippen molar-refractivity contribution in [2.24, 2.45) is 5.41 Å². The Hall–Kier alpha value is -0.740. The summed E-state index contributed by atoms with van der Waals surface area (Å²) in [5.74, 6) is -1.18. The average Bonchev–Trinajstić information content (AvgIpc) is 2.00. The smallest absolute Gasteiger partial charge is 0.404 e. The van der Waals surface area contributed by atoms with Gasteiger partial charge in [-0.2, -0.15) is 13.2 Å². The lowest BCUT2D eigenvalue weighted by Crippen LogP contribution is -2.47. The van der Waals surface area contributed by atoms with Crippen LogP contribution in [0.3, 0.4) is 0 Å². The minimum absolute atomic E-state index is 0.304.